The molecule has 0 spiro atoms. The van der Waals surface area contributed by atoms with Crippen LogP contribution in [0.4, 0.5) is 4.79 Å². The highest BCUT2D eigenvalue weighted by molar-refractivity contribution is 5.75. The molecule has 0 saturated carbocycles. The maximum Gasteiger partial charge on any atom is 0.317 e. The maximum atomic E-state index is 12.3. The van der Waals surface area contributed by atoms with Crippen molar-refractivity contribution >= 4 is 17.1 Å². The number of carbonyl (C=O) groups excluding carboxylic acids is 1. The van der Waals surface area contributed by atoms with E-state index >= 15 is 0 Å². The molecule has 1 aromatic carbocycles. The van der Waals surface area contributed by atoms with Gasteiger partial charge in [-0.2, -0.15) is 0 Å². The van der Waals surface area contributed by atoms with Crippen LogP contribution < -0.4 is 5.32 Å². The van der Waals surface area contributed by atoms with Gasteiger partial charge in [0, 0.05) is 26.1 Å². The van der Waals surface area contributed by atoms with Crippen LogP contribution in [0.25, 0.3) is 11.0 Å². The number of benzene rings is 1. The molecule has 0 aliphatic heterocycles. The van der Waals surface area contributed by atoms with Crippen LogP contribution >= 0.6 is 0 Å². The van der Waals surface area contributed by atoms with E-state index in [9.17, 15) is 4.79 Å². The van der Waals surface area contributed by atoms with E-state index in [-0.39, 0.29) is 12.1 Å². The molecule has 5 heteroatoms. The van der Waals surface area contributed by atoms with Gasteiger partial charge >= 0.3 is 6.03 Å². The van der Waals surface area contributed by atoms with Crippen LogP contribution in [0.2, 0.25) is 0 Å². The summed E-state index contributed by atoms with van der Waals surface area (Å²) in [6.07, 6.45) is 7.73. The second kappa shape index (κ2) is 7.51. The molecule has 24 heavy (non-hydrogen) atoms. The fourth-order valence-corrected chi connectivity index (χ4v) is 3.14. The quantitative estimate of drug-likeness (QED) is 0.824. The van der Waals surface area contributed by atoms with Crippen molar-refractivity contribution in [1.82, 2.24) is 20.2 Å². The maximum absolute atomic E-state index is 12.3. The van der Waals surface area contributed by atoms with Gasteiger partial charge in [0.05, 0.1) is 11.0 Å². The molecule has 2 N–H and O–H groups in total. The third kappa shape index (κ3) is 3.96. The summed E-state index contributed by atoms with van der Waals surface area (Å²) in [5, 5.41) is 3.10. The lowest BCUT2D eigenvalue weighted by Gasteiger charge is -2.24. The number of amides is 2. The Kier molecular flexibility index (Phi) is 5.18. The summed E-state index contributed by atoms with van der Waals surface area (Å²) in [6, 6.07) is 8.07. The molecular formula is C19H26N4O. The first-order valence-electron chi connectivity index (χ1n) is 8.77. The number of fused-ring (bicyclic) bond motifs is 1. The monoisotopic (exact) mass is 326 g/mol. The van der Waals surface area contributed by atoms with E-state index in [0.717, 1.165) is 36.1 Å². The van der Waals surface area contributed by atoms with Crippen molar-refractivity contribution in [1.29, 1.82) is 0 Å². The van der Waals surface area contributed by atoms with Crippen molar-refractivity contribution in [3.8, 4) is 0 Å². The summed E-state index contributed by atoms with van der Waals surface area (Å²) >= 11 is 0. The Balaban J connectivity index is 1.51. The number of allylic oxidation sites excluding steroid dienone is 1. The molecule has 1 heterocycles. The first kappa shape index (κ1) is 16.6. The van der Waals surface area contributed by atoms with E-state index in [2.05, 4.69) is 28.3 Å². The van der Waals surface area contributed by atoms with Crippen molar-refractivity contribution in [2.45, 2.75) is 45.1 Å². The molecule has 1 unspecified atom stereocenters. The van der Waals surface area contributed by atoms with Gasteiger partial charge in [-0.15, -0.1) is 0 Å². The first-order valence-corrected chi connectivity index (χ1v) is 8.77. The number of aromatic nitrogens is 2. The fraction of sp³-hybridized carbons (Fsp3) is 0.474. The Morgan fingerprint density at radius 3 is 2.96 bits per heavy atom. The van der Waals surface area contributed by atoms with Gasteiger partial charge in [0.15, 0.2) is 0 Å². The highest BCUT2D eigenvalue weighted by atomic mass is 16.2. The summed E-state index contributed by atoms with van der Waals surface area (Å²) in [7, 11) is 1.83. The Hall–Kier alpha value is -2.30. The van der Waals surface area contributed by atoms with Crippen LogP contribution in [-0.4, -0.2) is 40.5 Å². The molecule has 0 radical (unpaired) electrons. The van der Waals surface area contributed by atoms with Gasteiger partial charge in [-0.1, -0.05) is 23.8 Å². The molecular weight excluding hydrogens is 300 g/mol. The number of nitrogens with one attached hydrogen (secondary N) is 2. The molecule has 3 rings (SSSR count). The van der Waals surface area contributed by atoms with Crippen LogP contribution in [0.15, 0.2) is 35.9 Å². The number of carbonyl (C=O) groups is 1. The molecule has 5 nitrogen and oxygen atoms in total. The van der Waals surface area contributed by atoms with E-state index in [1.165, 1.54) is 18.4 Å². The number of hydrogen-bond acceptors (Lipinski definition) is 2. The summed E-state index contributed by atoms with van der Waals surface area (Å²) in [5.41, 5.74) is 3.37. The minimum atomic E-state index is -0.0231. The van der Waals surface area contributed by atoms with E-state index in [1.54, 1.807) is 4.90 Å². The van der Waals surface area contributed by atoms with E-state index in [1.807, 2.05) is 31.3 Å². The lowest BCUT2D eigenvalue weighted by Crippen LogP contribution is -2.43. The van der Waals surface area contributed by atoms with Crippen LogP contribution in [0.5, 0.6) is 0 Å². The van der Waals surface area contributed by atoms with Crippen LogP contribution in [0.3, 0.4) is 0 Å². The van der Waals surface area contributed by atoms with Crippen molar-refractivity contribution in [2.24, 2.45) is 0 Å². The molecule has 1 aliphatic carbocycles. The third-order valence-electron chi connectivity index (χ3n) is 4.69. The molecule has 0 saturated heterocycles. The van der Waals surface area contributed by atoms with Crippen molar-refractivity contribution < 1.29 is 4.79 Å². The van der Waals surface area contributed by atoms with Gasteiger partial charge in [0.2, 0.25) is 0 Å². The average Bonchev–Trinajstić information content (AvgIpc) is 3.03. The second-order valence-corrected chi connectivity index (χ2v) is 6.57. The standard InChI is InChI=1S/C19H26N4O/c1-14(15-8-4-3-5-9-15)20-19(24)23(2)13-12-18-21-16-10-6-7-11-17(16)22-18/h6-8,10-11,14H,3-5,9,12-13H2,1-2H3,(H,20,24)(H,21,22). The number of urea groups is 1. The van der Waals surface area contributed by atoms with Crippen molar-refractivity contribution in [3.63, 3.8) is 0 Å². The van der Waals surface area contributed by atoms with Gasteiger partial charge in [-0.25, -0.2) is 9.78 Å². The number of H-pyrrole nitrogens is 1. The normalized spacial score (nSPS) is 15.8. The predicted octanol–water partition coefficient (Wildman–Crippen LogP) is 3.64. The molecule has 2 amide bonds. The van der Waals surface area contributed by atoms with Crippen LogP contribution in [0, 0.1) is 0 Å². The Morgan fingerprint density at radius 2 is 2.21 bits per heavy atom. The Morgan fingerprint density at radius 1 is 1.38 bits per heavy atom. The van der Waals surface area contributed by atoms with E-state index in [4.69, 9.17) is 0 Å². The Labute approximate surface area is 143 Å². The fourth-order valence-electron chi connectivity index (χ4n) is 3.14. The molecule has 0 bridgehead atoms. The second-order valence-electron chi connectivity index (χ2n) is 6.57. The van der Waals surface area contributed by atoms with Gasteiger partial charge in [0.1, 0.15) is 5.82 Å². The van der Waals surface area contributed by atoms with Gasteiger partial charge in [-0.05, 0) is 44.7 Å². The molecule has 128 valence electrons. The smallest absolute Gasteiger partial charge is 0.317 e. The molecule has 2 aromatic rings. The van der Waals surface area contributed by atoms with E-state index < -0.39 is 0 Å². The topological polar surface area (TPSA) is 61.0 Å². The van der Waals surface area contributed by atoms with Gasteiger partial charge in [-0.3, -0.25) is 0 Å². The number of para-hydroxylation sites is 2. The average molecular weight is 326 g/mol. The summed E-state index contributed by atoms with van der Waals surface area (Å²) < 4.78 is 0. The van der Waals surface area contributed by atoms with Gasteiger partial charge in [0.25, 0.3) is 0 Å². The number of nitrogens with zero attached hydrogens (tertiary/aromatic N) is 2. The summed E-state index contributed by atoms with van der Waals surface area (Å²) in [4.78, 5) is 21.9. The zero-order chi connectivity index (χ0) is 16.9. The zero-order valence-corrected chi connectivity index (χ0v) is 14.5. The first-order chi connectivity index (χ1) is 11.6. The SMILES string of the molecule is CC(NC(=O)N(C)CCc1nc2ccccc2[nH]1)C1=CCCCC1. The number of aromatic amines is 1. The molecule has 0 fully saturated rings. The molecule has 1 atom stereocenters. The third-order valence-corrected chi connectivity index (χ3v) is 4.69. The largest absolute Gasteiger partial charge is 0.342 e. The number of rotatable bonds is 5. The number of hydrogen-bond donors (Lipinski definition) is 2. The molecule has 1 aromatic heterocycles. The van der Waals surface area contributed by atoms with Crippen LogP contribution in [0.1, 0.15) is 38.4 Å². The predicted molar refractivity (Wildman–Crippen MR) is 97.0 cm³/mol. The van der Waals surface area contributed by atoms with Gasteiger partial charge < -0.3 is 15.2 Å². The summed E-state index contributed by atoms with van der Waals surface area (Å²) in [5.74, 6) is 0.916. The Bertz CT molecular complexity index is 701. The molecule has 1 aliphatic rings. The highest BCUT2D eigenvalue weighted by Crippen LogP contribution is 2.20. The highest BCUT2D eigenvalue weighted by Gasteiger charge is 2.16. The van der Waals surface area contributed by atoms with Crippen LogP contribution in [-0.2, 0) is 6.42 Å². The summed E-state index contributed by atoms with van der Waals surface area (Å²) in [6.45, 7) is 2.71. The number of imidazole rings is 1. The minimum absolute atomic E-state index is 0.0231. The zero-order valence-electron chi connectivity index (χ0n) is 14.5. The minimum Gasteiger partial charge on any atom is -0.342 e. The van der Waals surface area contributed by atoms with Crippen molar-refractivity contribution in [3.05, 3.63) is 41.7 Å². The van der Waals surface area contributed by atoms with E-state index in [0.29, 0.717) is 6.54 Å². The lowest BCUT2D eigenvalue weighted by atomic mass is 9.95. The lowest BCUT2D eigenvalue weighted by molar-refractivity contribution is 0.207. The number of likely N-dealkylation sites (N-methyl/N-ethyl adjacent to an activating group) is 1. The van der Waals surface area contributed by atoms with Crippen molar-refractivity contribution in [2.75, 3.05) is 13.6 Å².